The third kappa shape index (κ3) is 2.76. The average Bonchev–Trinajstić information content (AvgIpc) is 3.19. The third-order valence-corrected chi connectivity index (χ3v) is 8.27. The molecule has 0 bridgehead atoms. The first-order chi connectivity index (χ1) is 15.1. The van der Waals surface area contributed by atoms with E-state index in [1.165, 1.54) is 28.8 Å². The summed E-state index contributed by atoms with van der Waals surface area (Å²) in [6.07, 6.45) is 0.783. The summed E-state index contributed by atoms with van der Waals surface area (Å²) in [4.78, 5) is 29.4. The standard InChI is InChI=1S/C24H24ClFN2O3S/c1-5-31-15-9-16-13(2)11-23(3,4)28-21(16)17(10-15)24(22(28)30)27(20(29)12-32-24)14-6-7-18(25)19(26)8-14/h6-10,13H,5,11-12H2,1-4H3/t13-,24+/m1/s1. The van der Waals surface area contributed by atoms with Crippen molar-refractivity contribution in [2.45, 2.75) is 50.4 Å². The number of hydrogen-bond acceptors (Lipinski definition) is 4. The van der Waals surface area contributed by atoms with Gasteiger partial charge in [0.2, 0.25) is 10.8 Å². The van der Waals surface area contributed by atoms with Crippen molar-refractivity contribution in [1.29, 1.82) is 0 Å². The average molecular weight is 475 g/mol. The van der Waals surface area contributed by atoms with E-state index in [1.807, 2.05) is 24.0 Å². The molecule has 5 nitrogen and oxygen atoms in total. The van der Waals surface area contributed by atoms with Gasteiger partial charge in [-0.1, -0.05) is 18.5 Å². The molecule has 1 spiro atoms. The molecule has 1 fully saturated rings. The van der Waals surface area contributed by atoms with E-state index < -0.39 is 16.2 Å². The fraction of sp³-hybridized carbons (Fsp3) is 0.417. The second-order valence-electron chi connectivity index (χ2n) is 9.16. The Hall–Kier alpha value is -2.25. The summed E-state index contributed by atoms with van der Waals surface area (Å²) in [5.41, 5.74) is 2.50. The van der Waals surface area contributed by atoms with Crippen molar-refractivity contribution in [3.8, 4) is 5.75 Å². The van der Waals surface area contributed by atoms with Crippen LogP contribution in [0.2, 0.25) is 5.02 Å². The van der Waals surface area contributed by atoms with E-state index in [2.05, 4.69) is 20.8 Å². The molecule has 2 amide bonds. The van der Waals surface area contributed by atoms with Crippen LogP contribution in [0.3, 0.4) is 0 Å². The van der Waals surface area contributed by atoms with E-state index in [9.17, 15) is 14.0 Å². The van der Waals surface area contributed by atoms with Gasteiger partial charge < -0.3 is 9.64 Å². The lowest BCUT2D eigenvalue weighted by atomic mass is 9.80. The van der Waals surface area contributed by atoms with Gasteiger partial charge in [-0.05, 0) is 69.0 Å². The van der Waals surface area contributed by atoms with Gasteiger partial charge in [0.1, 0.15) is 11.6 Å². The molecule has 0 aliphatic carbocycles. The van der Waals surface area contributed by atoms with Crippen LogP contribution < -0.4 is 14.5 Å². The summed E-state index contributed by atoms with van der Waals surface area (Å²) < 4.78 is 20.2. The Morgan fingerprint density at radius 2 is 1.97 bits per heavy atom. The number of fused-ring (bicyclic) bond motifs is 1. The molecular formula is C24H24ClFN2O3S. The number of carbonyl (C=O) groups excluding carboxylic acids is 2. The lowest BCUT2D eigenvalue weighted by Gasteiger charge is -2.44. The summed E-state index contributed by atoms with van der Waals surface area (Å²) >= 11 is 7.18. The Balaban J connectivity index is 1.80. The van der Waals surface area contributed by atoms with Crippen LogP contribution in [-0.4, -0.2) is 29.7 Å². The van der Waals surface area contributed by atoms with Gasteiger partial charge in [0, 0.05) is 16.8 Å². The molecule has 1 saturated heterocycles. The van der Waals surface area contributed by atoms with Gasteiger partial charge in [-0.15, -0.1) is 11.8 Å². The smallest absolute Gasteiger partial charge is 0.269 e. The number of carbonyl (C=O) groups is 2. The van der Waals surface area contributed by atoms with Crippen molar-refractivity contribution < 1.29 is 18.7 Å². The molecule has 2 atom stereocenters. The van der Waals surface area contributed by atoms with Crippen LogP contribution in [0.25, 0.3) is 0 Å². The van der Waals surface area contributed by atoms with Crippen LogP contribution in [0, 0.1) is 5.82 Å². The van der Waals surface area contributed by atoms with Crippen LogP contribution >= 0.6 is 23.4 Å². The maximum atomic E-state index is 14.4. The Morgan fingerprint density at radius 3 is 2.66 bits per heavy atom. The highest BCUT2D eigenvalue weighted by Gasteiger charge is 2.64. The second kappa shape index (κ2) is 7.12. The van der Waals surface area contributed by atoms with Crippen LogP contribution in [0.15, 0.2) is 30.3 Å². The molecule has 3 aliphatic heterocycles. The normalized spacial score (nSPS) is 25.6. The van der Waals surface area contributed by atoms with Gasteiger partial charge in [0.15, 0.2) is 0 Å². The Labute approximate surface area is 195 Å². The first-order valence-electron chi connectivity index (χ1n) is 10.7. The van der Waals surface area contributed by atoms with Crippen molar-refractivity contribution >= 4 is 46.6 Å². The minimum Gasteiger partial charge on any atom is -0.494 e. The van der Waals surface area contributed by atoms with Gasteiger partial charge in [-0.25, -0.2) is 4.39 Å². The van der Waals surface area contributed by atoms with Crippen LogP contribution in [0.1, 0.15) is 51.2 Å². The minimum atomic E-state index is -1.31. The molecular weight excluding hydrogens is 451 g/mol. The Bertz CT molecular complexity index is 1170. The largest absolute Gasteiger partial charge is 0.494 e. The molecule has 5 rings (SSSR count). The SMILES string of the molecule is CCOc1cc2c3c(c1)[C@]1(SCC(=O)N1c1ccc(Cl)c(F)c1)C(=O)N3C(C)(C)C[C@H]2C. The number of ether oxygens (including phenoxy) is 1. The maximum absolute atomic E-state index is 14.4. The molecule has 0 N–H and O–H groups in total. The Kier molecular flexibility index (Phi) is 4.81. The molecule has 0 radical (unpaired) electrons. The number of thioether (sulfide) groups is 1. The Morgan fingerprint density at radius 1 is 1.22 bits per heavy atom. The van der Waals surface area contributed by atoms with E-state index in [0.29, 0.717) is 18.0 Å². The highest BCUT2D eigenvalue weighted by molar-refractivity contribution is 8.02. The minimum absolute atomic E-state index is 0.0318. The zero-order valence-corrected chi connectivity index (χ0v) is 19.9. The summed E-state index contributed by atoms with van der Waals surface area (Å²) in [7, 11) is 0. The molecule has 32 heavy (non-hydrogen) atoms. The van der Waals surface area contributed by atoms with Crippen molar-refractivity contribution in [1.82, 2.24) is 0 Å². The number of hydrogen-bond donors (Lipinski definition) is 0. The fourth-order valence-corrected chi connectivity index (χ4v) is 6.88. The lowest BCUT2D eigenvalue weighted by Crippen LogP contribution is -2.56. The quantitative estimate of drug-likeness (QED) is 0.594. The number of halogens is 2. The highest BCUT2D eigenvalue weighted by Crippen LogP contribution is 2.62. The van der Waals surface area contributed by atoms with Crippen molar-refractivity contribution in [3.05, 3.63) is 52.3 Å². The van der Waals surface area contributed by atoms with Gasteiger partial charge in [0.25, 0.3) is 5.91 Å². The summed E-state index contributed by atoms with van der Waals surface area (Å²) in [5, 5.41) is -0.0318. The van der Waals surface area contributed by atoms with E-state index >= 15 is 0 Å². The molecule has 0 saturated carbocycles. The first-order valence-corrected chi connectivity index (χ1v) is 12.1. The molecule has 8 heteroatoms. The van der Waals surface area contributed by atoms with E-state index in [1.54, 1.807) is 6.07 Å². The summed E-state index contributed by atoms with van der Waals surface area (Å²) in [5.74, 6) is -0.0516. The number of benzene rings is 2. The van der Waals surface area contributed by atoms with Gasteiger partial charge in [-0.2, -0.15) is 0 Å². The maximum Gasteiger partial charge on any atom is 0.269 e. The van der Waals surface area contributed by atoms with Crippen molar-refractivity contribution in [2.24, 2.45) is 0 Å². The fourth-order valence-electron chi connectivity index (χ4n) is 5.44. The molecule has 0 unspecified atom stereocenters. The monoisotopic (exact) mass is 474 g/mol. The topological polar surface area (TPSA) is 49.9 Å². The van der Waals surface area contributed by atoms with Gasteiger partial charge in [0.05, 0.1) is 23.1 Å². The highest BCUT2D eigenvalue weighted by atomic mass is 35.5. The zero-order valence-electron chi connectivity index (χ0n) is 18.4. The molecule has 0 aromatic heterocycles. The number of anilines is 2. The molecule has 3 heterocycles. The predicted molar refractivity (Wildman–Crippen MR) is 125 cm³/mol. The van der Waals surface area contributed by atoms with E-state index in [0.717, 1.165) is 23.2 Å². The summed E-state index contributed by atoms with van der Waals surface area (Å²) in [6, 6.07) is 8.12. The van der Waals surface area contributed by atoms with Crippen LogP contribution in [0.5, 0.6) is 5.75 Å². The number of rotatable bonds is 3. The molecule has 3 aliphatic rings. The number of nitrogens with zero attached hydrogens (tertiary/aromatic N) is 2. The lowest BCUT2D eigenvalue weighted by molar-refractivity contribution is -0.124. The van der Waals surface area contributed by atoms with Gasteiger partial charge >= 0.3 is 0 Å². The van der Waals surface area contributed by atoms with Gasteiger partial charge in [-0.3, -0.25) is 14.5 Å². The predicted octanol–water partition coefficient (Wildman–Crippen LogP) is 5.44. The number of amides is 2. The van der Waals surface area contributed by atoms with E-state index in [-0.39, 0.29) is 28.5 Å². The molecule has 2 aromatic carbocycles. The van der Waals surface area contributed by atoms with Crippen LogP contribution in [-0.2, 0) is 14.5 Å². The van der Waals surface area contributed by atoms with Crippen molar-refractivity contribution in [2.75, 3.05) is 22.2 Å². The van der Waals surface area contributed by atoms with E-state index in [4.69, 9.17) is 16.3 Å². The second-order valence-corrected chi connectivity index (χ2v) is 10.7. The third-order valence-electron chi connectivity index (χ3n) is 6.58. The molecule has 168 valence electrons. The zero-order chi connectivity index (χ0) is 23.0. The van der Waals surface area contributed by atoms with Crippen molar-refractivity contribution in [3.63, 3.8) is 0 Å². The molecule has 2 aromatic rings. The summed E-state index contributed by atoms with van der Waals surface area (Å²) in [6.45, 7) is 8.66. The van der Waals surface area contributed by atoms with Crippen LogP contribution in [0.4, 0.5) is 15.8 Å². The first kappa shape index (κ1) is 21.6.